The van der Waals surface area contributed by atoms with Crippen LogP contribution < -0.4 is 5.32 Å². The number of amides is 1. The van der Waals surface area contributed by atoms with Crippen molar-refractivity contribution in [2.24, 2.45) is 5.92 Å². The van der Waals surface area contributed by atoms with Gasteiger partial charge in [-0.25, -0.2) is 0 Å². The summed E-state index contributed by atoms with van der Waals surface area (Å²) in [5, 5.41) is 2.64. The molecule has 0 aromatic rings. The van der Waals surface area contributed by atoms with Crippen molar-refractivity contribution in [3.8, 4) is 0 Å². The van der Waals surface area contributed by atoms with Crippen LogP contribution in [0, 0.1) is 5.92 Å². The number of hydrogen-bond donors (Lipinski definition) is 1. The van der Waals surface area contributed by atoms with Gasteiger partial charge in [0.2, 0.25) is 6.41 Å². The number of carbonyl (C=O) groups is 2. The van der Waals surface area contributed by atoms with E-state index < -0.39 is 0 Å². The molecule has 0 aliphatic heterocycles. The van der Waals surface area contributed by atoms with Crippen LogP contribution in [0.5, 0.6) is 0 Å². The number of alkyl halides is 1. The Morgan fingerprint density at radius 2 is 2.23 bits per heavy atom. The minimum atomic E-state index is -0.0899. The second-order valence-electron chi connectivity index (χ2n) is 3.53. The van der Waals surface area contributed by atoms with E-state index in [0.717, 1.165) is 12.8 Å². The maximum atomic E-state index is 11.2. The quantitative estimate of drug-likeness (QED) is 0.552. The van der Waals surface area contributed by atoms with Gasteiger partial charge in [0.1, 0.15) is 5.78 Å². The highest BCUT2D eigenvalue weighted by molar-refractivity contribution is 6.22. The summed E-state index contributed by atoms with van der Waals surface area (Å²) in [4.78, 5) is 21.4. The van der Waals surface area contributed by atoms with Crippen LogP contribution in [0.3, 0.4) is 0 Å². The molecule has 74 valence electrons. The van der Waals surface area contributed by atoms with Crippen molar-refractivity contribution in [3.63, 3.8) is 0 Å². The molecule has 1 fully saturated rings. The maximum Gasteiger partial charge on any atom is 0.207 e. The number of halogens is 1. The Balaban J connectivity index is 2.52. The SMILES string of the molecule is CC(=O)[C@H]1CC(NC=O)CC[C@H]1Cl. The smallest absolute Gasteiger partial charge is 0.207 e. The Bertz CT molecular complexity index is 208. The summed E-state index contributed by atoms with van der Waals surface area (Å²) in [6, 6.07) is 0.126. The molecule has 0 spiro atoms. The van der Waals surface area contributed by atoms with Gasteiger partial charge in [0, 0.05) is 17.3 Å². The number of ketones is 1. The molecule has 1 aliphatic carbocycles. The van der Waals surface area contributed by atoms with Crippen LogP contribution in [0.4, 0.5) is 0 Å². The van der Waals surface area contributed by atoms with Crippen molar-refractivity contribution in [1.82, 2.24) is 5.32 Å². The van der Waals surface area contributed by atoms with Crippen LogP contribution in [-0.2, 0) is 9.59 Å². The molecule has 13 heavy (non-hydrogen) atoms. The van der Waals surface area contributed by atoms with E-state index in [1.807, 2.05) is 0 Å². The molecule has 0 heterocycles. The molecule has 4 heteroatoms. The minimum absolute atomic E-state index is 0.0535. The van der Waals surface area contributed by atoms with Crippen LogP contribution >= 0.6 is 11.6 Å². The summed E-state index contributed by atoms with van der Waals surface area (Å²) < 4.78 is 0. The molecule has 3 nitrogen and oxygen atoms in total. The fourth-order valence-electron chi connectivity index (χ4n) is 1.80. The van der Waals surface area contributed by atoms with Crippen molar-refractivity contribution in [2.45, 2.75) is 37.6 Å². The number of rotatable bonds is 3. The van der Waals surface area contributed by atoms with E-state index in [2.05, 4.69) is 5.32 Å². The molecular weight excluding hydrogens is 190 g/mol. The first-order chi connectivity index (χ1) is 6.15. The van der Waals surface area contributed by atoms with E-state index in [1.165, 1.54) is 0 Å². The third kappa shape index (κ3) is 2.69. The molecule has 0 aromatic heterocycles. The lowest BCUT2D eigenvalue weighted by atomic mass is 9.83. The average molecular weight is 204 g/mol. The monoisotopic (exact) mass is 203 g/mol. The summed E-state index contributed by atoms with van der Waals surface area (Å²) in [5.41, 5.74) is 0. The Morgan fingerprint density at radius 3 is 2.77 bits per heavy atom. The number of nitrogens with one attached hydrogen (secondary N) is 1. The van der Waals surface area contributed by atoms with Gasteiger partial charge in [0.05, 0.1) is 0 Å². The summed E-state index contributed by atoms with van der Waals surface area (Å²) in [7, 11) is 0. The van der Waals surface area contributed by atoms with Gasteiger partial charge in [0.25, 0.3) is 0 Å². The molecule has 0 radical (unpaired) electrons. The van der Waals surface area contributed by atoms with Crippen LogP contribution in [0.15, 0.2) is 0 Å². The zero-order valence-electron chi connectivity index (χ0n) is 7.63. The van der Waals surface area contributed by atoms with Crippen molar-refractivity contribution < 1.29 is 9.59 Å². The lowest BCUT2D eigenvalue weighted by Crippen LogP contribution is -2.39. The van der Waals surface area contributed by atoms with Crippen molar-refractivity contribution in [2.75, 3.05) is 0 Å². The van der Waals surface area contributed by atoms with Gasteiger partial charge < -0.3 is 5.32 Å². The molecule has 1 amide bonds. The van der Waals surface area contributed by atoms with E-state index in [9.17, 15) is 9.59 Å². The second-order valence-corrected chi connectivity index (χ2v) is 4.09. The molecule has 0 saturated heterocycles. The highest BCUT2D eigenvalue weighted by Gasteiger charge is 2.31. The number of carbonyl (C=O) groups excluding carboxylic acids is 2. The Hall–Kier alpha value is -0.570. The predicted molar refractivity (Wildman–Crippen MR) is 50.7 cm³/mol. The average Bonchev–Trinajstić information content (AvgIpc) is 2.08. The lowest BCUT2D eigenvalue weighted by molar-refractivity contribution is -0.122. The molecule has 0 aromatic carbocycles. The molecule has 1 N–H and O–H groups in total. The molecule has 0 bridgehead atoms. The van der Waals surface area contributed by atoms with Crippen LogP contribution in [0.2, 0.25) is 0 Å². The van der Waals surface area contributed by atoms with Crippen molar-refractivity contribution >= 4 is 23.8 Å². The van der Waals surface area contributed by atoms with E-state index in [0.29, 0.717) is 12.8 Å². The first-order valence-electron chi connectivity index (χ1n) is 4.49. The molecule has 1 rings (SSSR count). The fraction of sp³-hybridized carbons (Fsp3) is 0.778. The van der Waals surface area contributed by atoms with Gasteiger partial charge in [-0.3, -0.25) is 9.59 Å². The molecule has 1 saturated carbocycles. The van der Waals surface area contributed by atoms with Gasteiger partial charge in [-0.15, -0.1) is 11.6 Å². The van der Waals surface area contributed by atoms with Crippen molar-refractivity contribution in [3.05, 3.63) is 0 Å². The van der Waals surface area contributed by atoms with E-state index in [4.69, 9.17) is 11.6 Å². The zero-order valence-corrected chi connectivity index (χ0v) is 8.38. The summed E-state index contributed by atoms with van der Waals surface area (Å²) in [6.45, 7) is 1.56. The first-order valence-corrected chi connectivity index (χ1v) is 4.93. The Kier molecular flexibility index (Phi) is 3.72. The highest BCUT2D eigenvalue weighted by Crippen LogP contribution is 2.29. The summed E-state index contributed by atoms with van der Waals surface area (Å²) >= 11 is 6.01. The topological polar surface area (TPSA) is 46.2 Å². The fourth-order valence-corrected chi connectivity index (χ4v) is 2.21. The normalized spacial score (nSPS) is 33.8. The lowest BCUT2D eigenvalue weighted by Gasteiger charge is -2.30. The Morgan fingerprint density at radius 1 is 1.54 bits per heavy atom. The molecular formula is C9H14ClNO2. The molecule has 1 aliphatic rings. The van der Waals surface area contributed by atoms with Crippen molar-refractivity contribution in [1.29, 1.82) is 0 Å². The van der Waals surface area contributed by atoms with Crippen LogP contribution in [0.1, 0.15) is 26.2 Å². The summed E-state index contributed by atoms with van der Waals surface area (Å²) in [6.07, 6.45) is 3.05. The van der Waals surface area contributed by atoms with E-state index >= 15 is 0 Å². The first kappa shape index (κ1) is 10.5. The van der Waals surface area contributed by atoms with E-state index in [1.54, 1.807) is 6.92 Å². The van der Waals surface area contributed by atoms with Gasteiger partial charge in [0.15, 0.2) is 0 Å². The predicted octanol–water partition coefficient (Wildman–Crippen LogP) is 1.10. The van der Waals surface area contributed by atoms with Gasteiger partial charge in [-0.2, -0.15) is 0 Å². The zero-order chi connectivity index (χ0) is 9.84. The third-order valence-electron chi connectivity index (χ3n) is 2.59. The molecule has 3 atom stereocenters. The number of Topliss-reactive ketones (excluding diaryl/α,β-unsaturated/α-hetero) is 1. The summed E-state index contributed by atoms with van der Waals surface area (Å²) in [5.74, 6) is 0.0327. The largest absolute Gasteiger partial charge is 0.356 e. The number of hydrogen-bond acceptors (Lipinski definition) is 2. The highest BCUT2D eigenvalue weighted by atomic mass is 35.5. The Labute approximate surface area is 82.8 Å². The van der Waals surface area contributed by atoms with Gasteiger partial charge in [-0.05, 0) is 26.2 Å². The van der Waals surface area contributed by atoms with Crippen LogP contribution in [0.25, 0.3) is 0 Å². The third-order valence-corrected chi connectivity index (χ3v) is 3.11. The van der Waals surface area contributed by atoms with Gasteiger partial charge >= 0.3 is 0 Å². The van der Waals surface area contributed by atoms with E-state index in [-0.39, 0.29) is 23.1 Å². The van der Waals surface area contributed by atoms with Crippen LogP contribution in [-0.4, -0.2) is 23.6 Å². The second kappa shape index (κ2) is 4.61. The van der Waals surface area contributed by atoms with Gasteiger partial charge in [-0.1, -0.05) is 0 Å². The minimum Gasteiger partial charge on any atom is -0.356 e. The molecule has 1 unspecified atom stereocenters. The maximum absolute atomic E-state index is 11.2. The standard InChI is InChI=1S/C9H14ClNO2/c1-6(13)8-4-7(11-5-12)2-3-9(8)10/h5,7-9H,2-4H2,1H3,(H,11,12)/t7?,8-,9-/m1/s1.